The van der Waals surface area contributed by atoms with E-state index in [0.717, 1.165) is 11.6 Å². The van der Waals surface area contributed by atoms with Gasteiger partial charge in [-0.1, -0.05) is 24.3 Å². The second-order valence-electron chi connectivity index (χ2n) is 4.92. The molecule has 0 fully saturated rings. The molecule has 110 valence electrons. The normalized spacial score (nSPS) is 14.3. The first-order valence-electron chi connectivity index (χ1n) is 6.63. The molecule has 2 aromatic rings. The highest BCUT2D eigenvalue weighted by Crippen LogP contribution is 2.33. The summed E-state index contributed by atoms with van der Waals surface area (Å²) in [5.74, 6) is -0.753. The molecule has 0 bridgehead atoms. The molecular formula is C15H15FN2O2S. The number of para-hydroxylation sites is 1. The van der Waals surface area contributed by atoms with Crippen molar-refractivity contribution in [3.8, 4) is 0 Å². The van der Waals surface area contributed by atoms with E-state index in [0.29, 0.717) is 24.2 Å². The zero-order valence-electron chi connectivity index (χ0n) is 11.3. The van der Waals surface area contributed by atoms with Gasteiger partial charge >= 0.3 is 0 Å². The lowest BCUT2D eigenvalue weighted by Gasteiger charge is -2.20. The molecule has 2 N–H and O–H groups in total. The van der Waals surface area contributed by atoms with E-state index in [9.17, 15) is 12.8 Å². The molecule has 21 heavy (non-hydrogen) atoms. The number of sulfonamides is 1. The molecule has 0 radical (unpaired) electrons. The summed E-state index contributed by atoms with van der Waals surface area (Å²) in [5.41, 5.74) is 7.67. The van der Waals surface area contributed by atoms with Gasteiger partial charge in [0.25, 0.3) is 10.0 Å². The molecule has 0 amide bonds. The highest BCUT2D eigenvalue weighted by Gasteiger charge is 2.32. The van der Waals surface area contributed by atoms with Gasteiger partial charge in [-0.25, -0.2) is 12.8 Å². The van der Waals surface area contributed by atoms with Crippen LogP contribution in [0.25, 0.3) is 0 Å². The Hall–Kier alpha value is -1.92. The molecule has 1 heterocycles. The maximum atomic E-state index is 14.0. The fourth-order valence-corrected chi connectivity index (χ4v) is 4.17. The van der Waals surface area contributed by atoms with Gasteiger partial charge in [-0.15, -0.1) is 0 Å². The van der Waals surface area contributed by atoms with Crippen molar-refractivity contribution in [2.45, 2.75) is 17.9 Å². The molecule has 0 unspecified atom stereocenters. The zero-order chi connectivity index (χ0) is 15.0. The standard InChI is InChI=1S/C15H15FN2O2S/c16-13-6-5-11(10-17)9-15(13)21(19,20)18-8-7-12-3-1-2-4-14(12)18/h1-6,9H,7-8,10,17H2. The van der Waals surface area contributed by atoms with E-state index < -0.39 is 15.8 Å². The zero-order valence-corrected chi connectivity index (χ0v) is 12.1. The van der Waals surface area contributed by atoms with Crippen molar-refractivity contribution in [1.82, 2.24) is 0 Å². The van der Waals surface area contributed by atoms with Gasteiger partial charge in [0.2, 0.25) is 0 Å². The van der Waals surface area contributed by atoms with E-state index in [1.165, 1.54) is 16.4 Å². The monoisotopic (exact) mass is 306 g/mol. The Labute approximate surface area is 123 Å². The second-order valence-corrected chi connectivity index (χ2v) is 6.76. The average Bonchev–Trinajstić information content (AvgIpc) is 2.92. The topological polar surface area (TPSA) is 63.4 Å². The van der Waals surface area contributed by atoms with Gasteiger partial charge in [0.1, 0.15) is 10.7 Å². The molecule has 0 aromatic heterocycles. The van der Waals surface area contributed by atoms with E-state index in [1.54, 1.807) is 12.1 Å². The number of fused-ring (bicyclic) bond motifs is 1. The van der Waals surface area contributed by atoms with Crippen molar-refractivity contribution in [2.75, 3.05) is 10.8 Å². The van der Waals surface area contributed by atoms with E-state index in [1.807, 2.05) is 12.1 Å². The Bertz CT molecular complexity index is 790. The molecule has 0 spiro atoms. The highest BCUT2D eigenvalue weighted by atomic mass is 32.2. The Kier molecular flexibility index (Phi) is 3.43. The van der Waals surface area contributed by atoms with Crippen LogP contribution in [0.15, 0.2) is 47.4 Å². The van der Waals surface area contributed by atoms with Gasteiger partial charge in [-0.3, -0.25) is 4.31 Å². The molecule has 6 heteroatoms. The van der Waals surface area contributed by atoms with Gasteiger partial charge in [-0.2, -0.15) is 0 Å². The summed E-state index contributed by atoms with van der Waals surface area (Å²) in [6.07, 6.45) is 0.633. The number of benzene rings is 2. The van der Waals surface area contributed by atoms with Crippen LogP contribution in [-0.4, -0.2) is 15.0 Å². The summed E-state index contributed by atoms with van der Waals surface area (Å²) in [5, 5.41) is 0. The largest absolute Gasteiger partial charge is 0.326 e. The molecule has 2 aromatic carbocycles. The predicted molar refractivity (Wildman–Crippen MR) is 79.0 cm³/mol. The van der Waals surface area contributed by atoms with Crippen molar-refractivity contribution in [2.24, 2.45) is 5.73 Å². The summed E-state index contributed by atoms with van der Waals surface area (Å²) in [6.45, 7) is 0.493. The van der Waals surface area contributed by atoms with Gasteiger partial charge < -0.3 is 5.73 Å². The van der Waals surface area contributed by atoms with Crippen molar-refractivity contribution in [3.63, 3.8) is 0 Å². The lowest BCUT2D eigenvalue weighted by Crippen LogP contribution is -2.30. The van der Waals surface area contributed by atoms with Crippen LogP contribution in [0.4, 0.5) is 10.1 Å². The molecule has 1 aliphatic rings. The first kappa shape index (κ1) is 14.0. The highest BCUT2D eigenvalue weighted by molar-refractivity contribution is 7.92. The third-order valence-corrected chi connectivity index (χ3v) is 5.47. The average molecular weight is 306 g/mol. The fraction of sp³-hybridized carbons (Fsp3) is 0.200. The van der Waals surface area contributed by atoms with Crippen LogP contribution in [0, 0.1) is 5.82 Å². The molecule has 1 aliphatic heterocycles. The third-order valence-electron chi connectivity index (χ3n) is 3.64. The predicted octanol–water partition coefficient (Wildman–Crippen LogP) is 2.04. The lowest BCUT2D eigenvalue weighted by molar-refractivity contribution is 0.563. The third kappa shape index (κ3) is 2.30. The first-order chi connectivity index (χ1) is 10.0. The summed E-state index contributed by atoms with van der Waals surface area (Å²) in [6, 6.07) is 11.2. The van der Waals surface area contributed by atoms with E-state index in [4.69, 9.17) is 5.73 Å². The molecule has 0 saturated heterocycles. The molecular weight excluding hydrogens is 291 g/mol. The number of nitrogens with zero attached hydrogens (tertiary/aromatic N) is 1. The SMILES string of the molecule is NCc1ccc(F)c(S(=O)(=O)N2CCc3ccccc32)c1. The quantitative estimate of drug-likeness (QED) is 0.944. The Morgan fingerprint density at radius 1 is 1.19 bits per heavy atom. The number of rotatable bonds is 3. The van der Waals surface area contributed by atoms with Crippen molar-refractivity contribution in [1.29, 1.82) is 0 Å². The van der Waals surface area contributed by atoms with Gasteiger partial charge in [0.15, 0.2) is 0 Å². The number of nitrogens with two attached hydrogens (primary N) is 1. The minimum Gasteiger partial charge on any atom is -0.326 e. The first-order valence-corrected chi connectivity index (χ1v) is 8.07. The van der Waals surface area contributed by atoms with E-state index in [-0.39, 0.29) is 11.4 Å². The summed E-state index contributed by atoms with van der Waals surface area (Å²) < 4.78 is 40.7. The van der Waals surface area contributed by atoms with Crippen LogP contribution in [0.3, 0.4) is 0 Å². The van der Waals surface area contributed by atoms with Crippen LogP contribution < -0.4 is 10.0 Å². The van der Waals surface area contributed by atoms with E-state index >= 15 is 0 Å². The van der Waals surface area contributed by atoms with Crippen LogP contribution in [-0.2, 0) is 23.0 Å². The van der Waals surface area contributed by atoms with Crippen molar-refractivity contribution >= 4 is 15.7 Å². The number of hydrogen-bond donors (Lipinski definition) is 1. The molecule has 3 rings (SSSR count). The molecule has 0 atom stereocenters. The van der Waals surface area contributed by atoms with Crippen LogP contribution in [0.2, 0.25) is 0 Å². The maximum absolute atomic E-state index is 14.0. The van der Waals surface area contributed by atoms with Gasteiger partial charge in [0, 0.05) is 13.1 Å². The summed E-state index contributed by atoms with van der Waals surface area (Å²) >= 11 is 0. The molecule has 0 saturated carbocycles. The van der Waals surface area contributed by atoms with Gasteiger partial charge in [0.05, 0.1) is 5.69 Å². The Morgan fingerprint density at radius 3 is 2.71 bits per heavy atom. The minimum atomic E-state index is -3.91. The smallest absolute Gasteiger partial charge is 0.267 e. The minimum absolute atomic E-state index is 0.166. The number of anilines is 1. The van der Waals surface area contributed by atoms with Crippen LogP contribution in [0.5, 0.6) is 0 Å². The summed E-state index contributed by atoms with van der Waals surface area (Å²) in [7, 11) is -3.91. The fourth-order valence-electron chi connectivity index (χ4n) is 2.55. The van der Waals surface area contributed by atoms with Crippen molar-refractivity contribution < 1.29 is 12.8 Å². The maximum Gasteiger partial charge on any atom is 0.267 e. The van der Waals surface area contributed by atoms with Crippen LogP contribution in [0.1, 0.15) is 11.1 Å². The number of halogens is 1. The number of hydrogen-bond acceptors (Lipinski definition) is 3. The van der Waals surface area contributed by atoms with Crippen LogP contribution >= 0.6 is 0 Å². The van der Waals surface area contributed by atoms with Crippen molar-refractivity contribution in [3.05, 3.63) is 59.4 Å². The molecule has 4 nitrogen and oxygen atoms in total. The second kappa shape index (κ2) is 5.13. The Morgan fingerprint density at radius 2 is 1.95 bits per heavy atom. The van der Waals surface area contributed by atoms with Gasteiger partial charge in [-0.05, 0) is 35.7 Å². The summed E-state index contributed by atoms with van der Waals surface area (Å²) in [4.78, 5) is -0.317. The lowest BCUT2D eigenvalue weighted by atomic mass is 10.2. The Balaban J connectivity index is 2.10. The molecule has 0 aliphatic carbocycles. The van der Waals surface area contributed by atoms with E-state index in [2.05, 4.69) is 0 Å².